The van der Waals surface area contributed by atoms with Crippen LogP contribution in [0.5, 0.6) is 5.75 Å². The molecule has 112 valence electrons. The van der Waals surface area contributed by atoms with Crippen molar-refractivity contribution in [3.05, 3.63) is 63.9 Å². The predicted molar refractivity (Wildman–Crippen MR) is 86.8 cm³/mol. The van der Waals surface area contributed by atoms with Gasteiger partial charge in [-0.15, -0.1) is 0 Å². The summed E-state index contributed by atoms with van der Waals surface area (Å²) in [5.74, 6) is 0.464. The number of benzene rings is 2. The Labute approximate surface area is 133 Å². The number of rotatable bonds is 6. The molecule has 0 aliphatic rings. The molecule has 2 aromatic rings. The van der Waals surface area contributed by atoms with Gasteiger partial charge in [0.15, 0.2) is 0 Å². The van der Waals surface area contributed by atoms with Crippen molar-refractivity contribution in [1.29, 1.82) is 0 Å². The minimum absolute atomic E-state index is 0.157. The summed E-state index contributed by atoms with van der Waals surface area (Å²) in [5, 5.41) is 0. The van der Waals surface area contributed by atoms with Gasteiger partial charge in [-0.1, -0.05) is 41.1 Å². The summed E-state index contributed by atoms with van der Waals surface area (Å²) in [6.07, 6.45) is 1.76. The lowest BCUT2D eigenvalue weighted by Gasteiger charge is -2.11. The molecule has 0 amide bonds. The second-order valence-corrected chi connectivity index (χ2v) is 5.96. The molecule has 1 unspecified atom stereocenters. The van der Waals surface area contributed by atoms with E-state index in [1.54, 1.807) is 12.1 Å². The van der Waals surface area contributed by atoms with E-state index in [1.807, 2.05) is 24.3 Å². The fourth-order valence-corrected chi connectivity index (χ4v) is 2.34. The van der Waals surface area contributed by atoms with Gasteiger partial charge >= 0.3 is 0 Å². The first-order chi connectivity index (χ1) is 10.1. The Morgan fingerprint density at radius 3 is 2.76 bits per heavy atom. The molecule has 0 bridgehead atoms. The van der Waals surface area contributed by atoms with E-state index in [4.69, 9.17) is 10.5 Å². The van der Waals surface area contributed by atoms with Crippen LogP contribution in [-0.2, 0) is 13.0 Å². The summed E-state index contributed by atoms with van der Waals surface area (Å²) >= 11 is 3.24. The number of nitrogens with two attached hydrogens (primary N) is 1. The molecule has 0 heterocycles. The molecule has 2 nitrogen and oxygen atoms in total. The van der Waals surface area contributed by atoms with Gasteiger partial charge in [-0.05, 0) is 42.7 Å². The zero-order valence-electron chi connectivity index (χ0n) is 12.0. The number of hydrogen-bond acceptors (Lipinski definition) is 2. The Morgan fingerprint density at radius 2 is 2.05 bits per heavy atom. The van der Waals surface area contributed by atoms with Gasteiger partial charge in [-0.3, -0.25) is 0 Å². The van der Waals surface area contributed by atoms with Gasteiger partial charge < -0.3 is 10.5 Å². The average molecular weight is 352 g/mol. The maximum atomic E-state index is 13.7. The SMILES string of the molecule is CCC(N)Cc1cccc(OCc2ccc(Br)cc2F)c1. The van der Waals surface area contributed by atoms with Gasteiger partial charge in [-0.25, -0.2) is 4.39 Å². The van der Waals surface area contributed by atoms with Crippen LogP contribution >= 0.6 is 15.9 Å². The third-order valence-corrected chi connectivity index (χ3v) is 3.82. The minimum atomic E-state index is -0.270. The van der Waals surface area contributed by atoms with E-state index in [9.17, 15) is 4.39 Å². The molecule has 0 aliphatic heterocycles. The molecule has 1 atom stereocenters. The van der Waals surface area contributed by atoms with Crippen LogP contribution in [0.25, 0.3) is 0 Å². The van der Waals surface area contributed by atoms with Crippen LogP contribution in [0.4, 0.5) is 4.39 Å². The van der Waals surface area contributed by atoms with Crippen molar-refractivity contribution >= 4 is 15.9 Å². The standard InChI is InChI=1S/C17H19BrFNO/c1-2-15(20)8-12-4-3-5-16(9-12)21-11-13-6-7-14(18)10-17(13)19/h3-7,9-10,15H,2,8,11,20H2,1H3. The van der Waals surface area contributed by atoms with Crippen LogP contribution < -0.4 is 10.5 Å². The zero-order chi connectivity index (χ0) is 15.2. The van der Waals surface area contributed by atoms with Gasteiger partial charge in [0.1, 0.15) is 18.2 Å². The molecule has 0 saturated heterocycles. The van der Waals surface area contributed by atoms with Crippen molar-refractivity contribution in [1.82, 2.24) is 0 Å². The van der Waals surface area contributed by atoms with Gasteiger partial charge in [0, 0.05) is 16.1 Å². The fraction of sp³-hybridized carbons (Fsp3) is 0.294. The van der Waals surface area contributed by atoms with Crippen LogP contribution in [0.15, 0.2) is 46.9 Å². The number of halogens is 2. The monoisotopic (exact) mass is 351 g/mol. The molecule has 0 fully saturated rings. The molecular weight excluding hydrogens is 333 g/mol. The van der Waals surface area contributed by atoms with Crippen molar-refractivity contribution in [2.24, 2.45) is 5.73 Å². The van der Waals surface area contributed by atoms with Gasteiger partial charge in [0.25, 0.3) is 0 Å². The number of hydrogen-bond donors (Lipinski definition) is 1. The fourth-order valence-electron chi connectivity index (χ4n) is 2.01. The third kappa shape index (κ3) is 4.83. The van der Waals surface area contributed by atoms with E-state index in [-0.39, 0.29) is 18.5 Å². The molecule has 0 radical (unpaired) electrons. The Balaban J connectivity index is 2.01. The third-order valence-electron chi connectivity index (χ3n) is 3.33. The normalized spacial score (nSPS) is 12.2. The van der Waals surface area contributed by atoms with Crippen LogP contribution in [0.3, 0.4) is 0 Å². The lowest BCUT2D eigenvalue weighted by molar-refractivity contribution is 0.299. The summed E-state index contributed by atoms with van der Waals surface area (Å²) in [6.45, 7) is 2.28. The first kappa shape index (κ1) is 16.0. The topological polar surface area (TPSA) is 35.2 Å². The Hall–Kier alpha value is -1.39. The number of ether oxygens (including phenoxy) is 1. The minimum Gasteiger partial charge on any atom is -0.489 e. The van der Waals surface area contributed by atoms with Gasteiger partial charge in [-0.2, -0.15) is 0 Å². The molecule has 2 aromatic carbocycles. The van der Waals surface area contributed by atoms with Gasteiger partial charge in [0.2, 0.25) is 0 Å². The summed E-state index contributed by atoms with van der Waals surface area (Å²) in [4.78, 5) is 0. The molecule has 21 heavy (non-hydrogen) atoms. The van der Waals surface area contributed by atoms with E-state index < -0.39 is 0 Å². The molecule has 4 heteroatoms. The second kappa shape index (κ2) is 7.57. The smallest absolute Gasteiger partial charge is 0.130 e. The van der Waals surface area contributed by atoms with Crippen molar-refractivity contribution in [3.63, 3.8) is 0 Å². The highest BCUT2D eigenvalue weighted by Gasteiger charge is 2.06. The summed E-state index contributed by atoms with van der Waals surface area (Å²) in [5.41, 5.74) is 7.63. The maximum absolute atomic E-state index is 13.7. The summed E-state index contributed by atoms with van der Waals surface area (Å²) < 4.78 is 20.1. The quantitative estimate of drug-likeness (QED) is 0.834. The van der Waals surface area contributed by atoms with E-state index in [2.05, 4.69) is 22.9 Å². The van der Waals surface area contributed by atoms with E-state index in [0.717, 1.165) is 28.6 Å². The molecule has 0 aliphatic carbocycles. The highest BCUT2D eigenvalue weighted by atomic mass is 79.9. The summed E-state index contributed by atoms with van der Waals surface area (Å²) in [6, 6.07) is 12.9. The summed E-state index contributed by atoms with van der Waals surface area (Å²) in [7, 11) is 0. The van der Waals surface area contributed by atoms with Crippen LogP contribution in [0, 0.1) is 5.82 Å². The average Bonchev–Trinajstić information content (AvgIpc) is 2.46. The molecule has 2 N–H and O–H groups in total. The highest BCUT2D eigenvalue weighted by molar-refractivity contribution is 9.10. The van der Waals surface area contributed by atoms with Crippen molar-refractivity contribution in [2.45, 2.75) is 32.4 Å². The molecule has 0 aromatic heterocycles. The Bertz CT molecular complexity index is 603. The second-order valence-electron chi connectivity index (χ2n) is 5.04. The molecule has 2 rings (SSSR count). The van der Waals surface area contributed by atoms with Crippen LogP contribution in [-0.4, -0.2) is 6.04 Å². The highest BCUT2D eigenvalue weighted by Crippen LogP contribution is 2.19. The Morgan fingerprint density at radius 1 is 1.24 bits per heavy atom. The lowest BCUT2D eigenvalue weighted by atomic mass is 10.0. The maximum Gasteiger partial charge on any atom is 0.130 e. The Kier molecular flexibility index (Phi) is 5.76. The molecular formula is C17H19BrFNO. The van der Waals surface area contributed by atoms with Crippen molar-refractivity contribution in [3.8, 4) is 5.75 Å². The van der Waals surface area contributed by atoms with E-state index in [1.165, 1.54) is 6.07 Å². The van der Waals surface area contributed by atoms with E-state index >= 15 is 0 Å². The van der Waals surface area contributed by atoms with Crippen LogP contribution in [0.1, 0.15) is 24.5 Å². The van der Waals surface area contributed by atoms with E-state index in [0.29, 0.717) is 5.56 Å². The van der Waals surface area contributed by atoms with Crippen molar-refractivity contribution in [2.75, 3.05) is 0 Å². The predicted octanol–water partition coefficient (Wildman–Crippen LogP) is 4.45. The van der Waals surface area contributed by atoms with Gasteiger partial charge in [0.05, 0.1) is 0 Å². The van der Waals surface area contributed by atoms with Crippen LogP contribution in [0.2, 0.25) is 0 Å². The molecule has 0 saturated carbocycles. The molecule has 0 spiro atoms. The largest absolute Gasteiger partial charge is 0.489 e. The lowest BCUT2D eigenvalue weighted by Crippen LogP contribution is -2.21. The first-order valence-corrected chi connectivity index (χ1v) is 7.79. The first-order valence-electron chi connectivity index (χ1n) is 6.99. The van der Waals surface area contributed by atoms with Crippen molar-refractivity contribution < 1.29 is 9.13 Å². The zero-order valence-corrected chi connectivity index (χ0v) is 13.6.